The second-order valence-electron chi connectivity index (χ2n) is 8.16. The monoisotopic (exact) mass is 370 g/mol. The predicted molar refractivity (Wildman–Crippen MR) is 116 cm³/mol. The van der Waals surface area contributed by atoms with E-state index in [9.17, 15) is 0 Å². The second kappa shape index (κ2) is 10.8. The van der Waals surface area contributed by atoms with E-state index in [0.29, 0.717) is 0 Å². The molecule has 3 rings (SSSR count). The molecule has 1 fully saturated rings. The van der Waals surface area contributed by atoms with Gasteiger partial charge >= 0.3 is 0 Å². The molecule has 0 unspecified atom stereocenters. The Balaban J connectivity index is 1.73. The summed E-state index contributed by atoms with van der Waals surface area (Å²) in [5.41, 5.74) is 2.76. The van der Waals surface area contributed by atoms with Crippen molar-refractivity contribution >= 4 is 10.9 Å². The number of fused-ring (bicyclic) bond motifs is 1. The highest BCUT2D eigenvalue weighted by Crippen LogP contribution is 2.31. The van der Waals surface area contributed by atoms with Crippen LogP contribution in [0.25, 0.3) is 10.9 Å². The number of rotatable bonds is 10. The minimum absolute atomic E-state index is 1.01. The van der Waals surface area contributed by atoms with Crippen LogP contribution in [0.15, 0.2) is 24.4 Å². The fourth-order valence-electron chi connectivity index (χ4n) is 4.46. The van der Waals surface area contributed by atoms with E-state index in [1.54, 1.807) is 7.11 Å². The van der Waals surface area contributed by atoms with Crippen LogP contribution in [0.1, 0.15) is 76.7 Å². The van der Waals surface area contributed by atoms with E-state index in [4.69, 9.17) is 4.74 Å². The average molecular weight is 371 g/mol. The summed E-state index contributed by atoms with van der Waals surface area (Å²) < 4.78 is 8.18. The number of para-hydroxylation sites is 1. The van der Waals surface area contributed by atoms with Gasteiger partial charge in [0.1, 0.15) is 5.75 Å². The molecule has 0 bridgehead atoms. The summed E-state index contributed by atoms with van der Waals surface area (Å²) in [5.74, 6) is 1.01. The van der Waals surface area contributed by atoms with Crippen molar-refractivity contribution in [1.29, 1.82) is 0 Å². The van der Waals surface area contributed by atoms with Gasteiger partial charge in [-0.25, -0.2) is 0 Å². The van der Waals surface area contributed by atoms with Gasteiger partial charge in [-0.1, -0.05) is 64.0 Å². The average Bonchev–Trinajstić information content (AvgIpc) is 2.86. The van der Waals surface area contributed by atoms with Gasteiger partial charge < -0.3 is 9.30 Å². The summed E-state index contributed by atoms with van der Waals surface area (Å²) >= 11 is 0. The molecule has 1 aliphatic rings. The van der Waals surface area contributed by atoms with Gasteiger partial charge in [-0.15, -0.1) is 0 Å². The third-order valence-corrected chi connectivity index (χ3v) is 6.01. The summed E-state index contributed by atoms with van der Waals surface area (Å²) in [5, 5.41) is 1.38. The molecule has 1 saturated heterocycles. The highest BCUT2D eigenvalue weighted by molar-refractivity contribution is 5.89. The molecule has 150 valence electrons. The van der Waals surface area contributed by atoms with Gasteiger partial charge in [-0.2, -0.15) is 0 Å². The zero-order valence-electron chi connectivity index (χ0n) is 17.5. The molecule has 27 heavy (non-hydrogen) atoms. The van der Waals surface area contributed by atoms with Crippen LogP contribution in [0.3, 0.4) is 0 Å². The number of hydrogen-bond acceptors (Lipinski definition) is 2. The molecule has 0 radical (unpaired) electrons. The van der Waals surface area contributed by atoms with Crippen molar-refractivity contribution in [1.82, 2.24) is 9.47 Å². The van der Waals surface area contributed by atoms with Crippen LogP contribution < -0.4 is 4.74 Å². The quantitative estimate of drug-likeness (QED) is 0.451. The zero-order chi connectivity index (χ0) is 18.9. The first-order valence-corrected chi connectivity index (χ1v) is 11.2. The number of nitrogens with zero attached hydrogens (tertiary/aromatic N) is 2. The number of likely N-dealkylation sites (tertiary alicyclic amines) is 1. The smallest absolute Gasteiger partial charge is 0.143 e. The van der Waals surface area contributed by atoms with Crippen molar-refractivity contribution in [2.24, 2.45) is 0 Å². The lowest BCUT2D eigenvalue weighted by Gasteiger charge is -2.19. The van der Waals surface area contributed by atoms with Crippen molar-refractivity contribution < 1.29 is 4.74 Å². The standard InChI is InChI=1S/C24H38N2O/c1-3-4-5-6-7-12-18-26-20-21(19-25-16-10-8-9-11-17-25)22-14-13-15-23(27-2)24(22)26/h13-15,20H,3-12,16-19H2,1-2H3. The molecule has 0 N–H and O–H groups in total. The summed E-state index contributed by atoms with van der Waals surface area (Å²) in [7, 11) is 1.80. The number of aromatic nitrogens is 1. The molecule has 0 aliphatic carbocycles. The van der Waals surface area contributed by atoms with E-state index in [-0.39, 0.29) is 0 Å². The molecule has 1 aromatic carbocycles. The normalized spacial score (nSPS) is 15.9. The van der Waals surface area contributed by atoms with Crippen molar-refractivity contribution in [3.63, 3.8) is 0 Å². The molecule has 0 saturated carbocycles. The number of aryl methyl sites for hydroxylation is 1. The molecule has 3 nitrogen and oxygen atoms in total. The van der Waals surface area contributed by atoms with E-state index in [1.807, 2.05) is 0 Å². The minimum atomic E-state index is 1.01. The molecule has 0 spiro atoms. The van der Waals surface area contributed by atoms with Gasteiger partial charge in [0.15, 0.2) is 0 Å². The number of hydrogen-bond donors (Lipinski definition) is 0. The van der Waals surface area contributed by atoms with Gasteiger partial charge in [0.05, 0.1) is 12.6 Å². The summed E-state index contributed by atoms with van der Waals surface area (Å²) in [6, 6.07) is 6.53. The van der Waals surface area contributed by atoms with E-state index in [1.165, 1.54) is 93.8 Å². The fourth-order valence-corrected chi connectivity index (χ4v) is 4.46. The van der Waals surface area contributed by atoms with Crippen molar-refractivity contribution in [2.45, 2.75) is 84.2 Å². The Kier molecular flexibility index (Phi) is 8.07. The van der Waals surface area contributed by atoms with Gasteiger partial charge in [-0.05, 0) is 44.0 Å². The Morgan fingerprint density at radius 1 is 0.926 bits per heavy atom. The maximum atomic E-state index is 5.72. The van der Waals surface area contributed by atoms with Crippen LogP contribution >= 0.6 is 0 Å². The number of unbranched alkanes of at least 4 members (excludes halogenated alkanes) is 5. The number of ether oxygens (including phenoxy) is 1. The molecule has 2 heterocycles. The van der Waals surface area contributed by atoms with Crippen LogP contribution in [0.4, 0.5) is 0 Å². The highest BCUT2D eigenvalue weighted by atomic mass is 16.5. The van der Waals surface area contributed by atoms with Crippen molar-refractivity contribution in [3.8, 4) is 5.75 Å². The lowest BCUT2D eigenvalue weighted by molar-refractivity contribution is 0.277. The maximum Gasteiger partial charge on any atom is 0.143 e. The minimum Gasteiger partial charge on any atom is -0.495 e. The Bertz CT molecular complexity index is 683. The molecule has 3 heteroatoms. The third kappa shape index (κ3) is 5.51. The zero-order valence-corrected chi connectivity index (χ0v) is 17.5. The fraction of sp³-hybridized carbons (Fsp3) is 0.667. The molecule has 0 amide bonds. The molecule has 1 aromatic heterocycles. The Morgan fingerprint density at radius 2 is 1.67 bits per heavy atom. The van der Waals surface area contributed by atoms with Crippen LogP contribution in [0.5, 0.6) is 5.75 Å². The van der Waals surface area contributed by atoms with Gasteiger partial charge in [-0.3, -0.25) is 4.90 Å². The number of benzene rings is 1. The number of methoxy groups -OCH3 is 1. The largest absolute Gasteiger partial charge is 0.495 e. The Morgan fingerprint density at radius 3 is 2.41 bits per heavy atom. The molecule has 0 atom stereocenters. The van der Waals surface area contributed by atoms with Crippen molar-refractivity contribution in [2.75, 3.05) is 20.2 Å². The predicted octanol–water partition coefficient (Wildman–Crippen LogP) is 6.39. The van der Waals surface area contributed by atoms with Gasteiger partial charge in [0.25, 0.3) is 0 Å². The molecular weight excluding hydrogens is 332 g/mol. The first-order chi connectivity index (χ1) is 13.3. The summed E-state index contributed by atoms with van der Waals surface area (Å²) in [6.07, 6.45) is 15.9. The van der Waals surface area contributed by atoms with Gasteiger partial charge in [0, 0.05) is 24.7 Å². The van der Waals surface area contributed by atoms with Crippen LogP contribution in [-0.2, 0) is 13.1 Å². The first kappa shape index (κ1) is 20.3. The van der Waals surface area contributed by atoms with E-state index < -0.39 is 0 Å². The summed E-state index contributed by atoms with van der Waals surface area (Å²) in [4.78, 5) is 2.65. The van der Waals surface area contributed by atoms with E-state index in [0.717, 1.165) is 18.8 Å². The van der Waals surface area contributed by atoms with E-state index >= 15 is 0 Å². The second-order valence-corrected chi connectivity index (χ2v) is 8.16. The van der Waals surface area contributed by atoms with Crippen LogP contribution in [0.2, 0.25) is 0 Å². The SMILES string of the molecule is CCCCCCCCn1cc(CN2CCCCCC2)c2cccc(OC)c21. The lowest BCUT2D eigenvalue weighted by atomic mass is 10.1. The third-order valence-electron chi connectivity index (χ3n) is 6.01. The molecular formula is C24H38N2O. The van der Waals surface area contributed by atoms with Crippen molar-refractivity contribution in [3.05, 3.63) is 30.0 Å². The van der Waals surface area contributed by atoms with Crippen LogP contribution in [-0.4, -0.2) is 29.7 Å². The molecule has 2 aromatic rings. The Hall–Kier alpha value is -1.48. The topological polar surface area (TPSA) is 17.4 Å². The summed E-state index contributed by atoms with van der Waals surface area (Å²) in [6.45, 7) is 6.95. The maximum absolute atomic E-state index is 5.72. The molecule has 1 aliphatic heterocycles. The Labute approximate surface area is 165 Å². The van der Waals surface area contributed by atoms with Gasteiger partial charge in [0.2, 0.25) is 0 Å². The van der Waals surface area contributed by atoms with E-state index in [2.05, 4.69) is 40.8 Å². The first-order valence-electron chi connectivity index (χ1n) is 11.2. The van der Waals surface area contributed by atoms with Crippen LogP contribution in [0, 0.1) is 0 Å². The lowest BCUT2D eigenvalue weighted by Crippen LogP contribution is -2.23. The highest BCUT2D eigenvalue weighted by Gasteiger charge is 2.16.